The molecule has 0 aliphatic carbocycles. The predicted molar refractivity (Wildman–Crippen MR) is 84.1 cm³/mol. The number of fused-ring (bicyclic) bond motifs is 1. The number of carbonyl (C=O) groups is 1. The Morgan fingerprint density at radius 3 is 2.59 bits per heavy atom. The third kappa shape index (κ3) is 3.39. The van der Waals surface area contributed by atoms with Crippen molar-refractivity contribution >= 4 is 5.91 Å². The van der Waals surface area contributed by atoms with E-state index in [0.717, 1.165) is 6.42 Å². The van der Waals surface area contributed by atoms with Crippen LogP contribution in [0.2, 0.25) is 0 Å². The van der Waals surface area contributed by atoms with Gasteiger partial charge in [-0.3, -0.25) is 4.79 Å². The molecule has 0 saturated heterocycles. The highest BCUT2D eigenvalue weighted by Crippen LogP contribution is 2.30. The zero-order valence-electron chi connectivity index (χ0n) is 12.5. The lowest BCUT2D eigenvalue weighted by Gasteiger charge is -2.26. The molecule has 0 unspecified atom stereocenters. The summed E-state index contributed by atoms with van der Waals surface area (Å²) in [5, 5.41) is 2.98. The number of carbonyl (C=O) groups excluding carboxylic acids is 1. The maximum Gasteiger partial charge on any atom is 0.264 e. The third-order valence-electron chi connectivity index (χ3n) is 3.57. The van der Waals surface area contributed by atoms with Crippen molar-refractivity contribution in [2.45, 2.75) is 25.5 Å². The van der Waals surface area contributed by atoms with Crippen LogP contribution in [-0.2, 0) is 11.2 Å². The number of hydrogen-bond acceptors (Lipinski definition) is 3. The van der Waals surface area contributed by atoms with Gasteiger partial charge in [0.2, 0.25) is 6.10 Å². The second-order valence-electron chi connectivity index (χ2n) is 5.46. The molecule has 0 radical (unpaired) electrons. The molecule has 4 heteroatoms. The van der Waals surface area contributed by atoms with Gasteiger partial charge >= 0.3 is 0 Å². The van der Waals surface area contributed by atoms with Crippen LogP contribution in [0.1, 0.15) is 12.5 Å². The summed E-state index contributed by atoms with van der Waals surface area (Å²) in [4.78, 5) is 12.3. The van der Waals surface area contributed by atoms with E-state index in [1.807, 2.05) is 49.4 Å². The lowest BCUT2D eigenvalue weighted by atomic mass is 10.1. The Kier molecular flexibility index (Phi) is 4.28. The lowest BCUT2D eigenvalue weighted by molar-refractivity contribution is -0.130. The molecular formula is C18H19NO3. The topological polar surface area (TPSA) is 47.6 Å². The van der Waals surface area contributed by atoms with Gasteiger partial charge in [-0.25, -0.2) is 0 Å². The van der Waals surface area contributed by atoms with E-state index in [4.69, 9.17) is 9.47 Å². The van der Waals surface area contributed by atoms with Gasteiger partial charge in [0.15, 0.2) is 11.5 Å². The zero-order valence-corrected chi connectivity index (χ0v) is 12.5. The minimum Gasteiger partial charge on any atom is -0.485 e. The monoisotopic (exact) mass is 297 g/mol. The van der Waals surface area contributed by atoms with E-state index in [9.17, 15) is 4.79 Å². The largest absolute Gasteiger partial charge is 0.485 e. The molecule has 2 aromatic carbocycles. The molecule has 1 heterocycles. The minimum atomic E-state index is -0.604. The molecule has 114 valence electrons. The standard InChI is InChI=1S/C18H19NO3/c1-13(11-14-7-3-2-4-8-14)19-18(20)17-12-21-15-9-5-6-10-16(15)22-17/h2-10,13,17H,11-12H2,1H3,(H,19,20)/t13-,17-/m1/s1. The third-order valence-corrected chi connectivity index (χ3v) is 3.57. The second-order valence-corrected chi connectivity index (χ2v) is 5.46. The van der Waals surface area contributed by atoms with E-state index in [2.05, 4.69) is 17.4 Å². The molecule has 0 bridgehead atoms. The van der Waals surface area contributed by atoms with Crippen LogP contribution in [0.5, 0.6) is 11.5 Å². The SMILES string of the molecule is C[C@H](Cc1ccccc1)NC(=O)[C@H]1COc2ccccc2O1. The van der Waals surface area contributed by atoms with Crippen molar-refractivity contribution < 1.29 is 14.3 Å². The Bertz CT molecular complexity index is 642. The minimum absolute atomic E-state index is 0.0377. The average molecular weight is 297 g/mol. The van der Waals surface area contributed by atoms with Crippen molar-refractivity contribution in [1.82, 2.24) is 5.32 Å². The van der Waals surface area contributed by atoms with Crippen LogP contribution in [0.3, 0.4) is 0 Å². The molecule has 0 fully saturated rings. The molecule has 2 aromatic rings. The number of rotatable bonds is 4. The van der Waals surface area contributed by atoms with Crippen LogP contribution in [0, 0.1) is 0 Å². The molecule has 4 nitrogen and oxygen atoms in total. The number of para-hydroxylation sites is 2. The molecule has 22 heavy (non-hydrogen) atoms. The van der Waals surface area contributed by atoms with E-state index < -0.39 is 6.10 Å². The van der Waals surface area contributed by atoms with Gasteiger partial charge in [0.1, 0.15) is 6.61 Å². The van der Waals surface area contributed by atoms with Crippen molar-refractivity contribution in [1.29, 1.82) is 0 Å². The number of ether oxygens (including phenoxy) is 2. The summed E-state index contributed by atoms with van der Waals surface area (Å²) < 4.78 is 11.3. The van der Waals surface area contributed by atoms with Crippen molar-refractivity contribution in [3.63, 3.8) is 0 Å². The normalized spacial score (nSPS) is 17.6. The summed E-state index contributed by atoms with van der Waals surface area (Å²) in [6.07, 6.45) is 0.185. The molecule has 0 aromatic heterocycles. The Labute approximate surface area is 130 Å². The van der Waals surface area contributed by atoms with E-state index in [1.165, 1.54) is 5.56 Å². The average Bonchev–Trinajstić information content (AvgIpc) is 2.55. The van der Waals surface area contributed by atoms with Crippen molar-refractivity contribution in [3.05, 3.63) is 60.2 Å². The molecule has 1 N–H and O–H groups in total. The summed E-state index contributed by atoms with van der Waals surface area (Å²) in [6, 6.07) is 17.5. The molecule has 1 aliphatic heterocycles. The summed E-state index contributed by atoms with van der Waals surface area (Å²) in [5.41, 5.74) is 1.20. The maximum atomic E-state index is 12.3. The van der Waals surface area contributed by atoms with Gasteiger partial charge in [0.25, 0.3) is 5.91 Å². The van der Waals surface area contributed by atoms with Gasteiger partial charge in [0.05, 0.1) is 0 Å². The molecule has 0 spiro atoms. The van der Waals surface area contributed by atoms with E-state index in [0.29, 0.717) is 11.5 Å². The number of amides is 1. The summed E-state index contributed by atoms with van der Waals surface area (Å²) >= 11 is 0. The zero-order chi connectivity index (χ0) is 15.4. The van der Waals surface area contributed by atoms with Crippen molar-refractivity contribution in [2.24, 2.45) is 0 Å². The fourth-order valence-corrected chi connectivity index (χ4v) is 2.50. The molecule has 1 amide bonds. The molecule has 0 saturated carbocycles. The van der Waals surface area contributed by atoms with Gasteiger partial charge in [-0.2, -0.15) is 0 Å². The Morgan fingerprint density at radius 1 is 1.14 bits per heavy atom. The van der Waals surface area contributed by atoms with Gasteiger partial charge in [-0.1, -0.05) is 42.5 Å². The molecule has 1 aliphatic rings. The second kappa shape index (κ2) is 6.52. The van der Waals surface area contributed by atoms with Crippen LogP contribution in [0.25, 0.3) is 0 Å². The smallest absolute Gasteiger partial charge is 0.264 e. The van der Waals surface area contributed by atoms with Gasteiger partial charge in [-0.05, 0) is 31.0 Å². The van der Waals surface area contributed by atoms with Crippen LogP contribution in [0.4, 0.5) is 0 Å². The van der Waals surface area contributed by atoms with Crippen LogP contribution >= 0.6 is 0 Å². The van der Waals surface area contributed by atoms with Gasteiger partial charge < -0.3 is 14.8 Å². The van der Waals surface area contributed by atoms with Crippen LogP contribution in [0.15, 0.2) is 54.6 Å². The maximum absolute atomic E-state index is 12.3. The van der Waals surface area contributed by atoms with E-state index >= 15 is 0 Å². The lowest BCUT2D eigenvalue weighted by Crippen LogP contribution is -2.47. The van der Waals surface area contributed by atoms with Gasteiger partial charge in [0, 0.05) is 6.04 Å². The van der Waals surface area contributed by atoms with Crippen molar-refractivity contribution in [2.75, 3.05) is 6.61 Å². The summed E-state index contributed by atoms with van der Waals surface area (Å²) in [7, 11) is 0. The van der Waals surface area contributed by atoms with Crippen LogP contribution < -0.4 is 14.8 Å². The Morgan fingerprint density at radius 2 is 1.82 bits per heavy atom. The fraction of sp³-hybridized carbons (Fsp3) is 0.278. The van der Waals surface area contributed by atoms with Gasteiger partial charge in [-0.15, -0.1) is 0 Å². The molecular weight excluding hydrogens is 278 g/mol. The Balaban J connectivity index is 1.56. The first kappa shape index (κ1) is 14.4. The first-order chi connectivity index (χ1) is 10.7. The highest BCUT2D eigenvalue weighted by atomic mass is 16.6. The van der Waals surface area contributed by atoms with E-state index in [-0.39, 0.29) is 18.6 Å². The van der Waals surface area contributed by atoms with Crippen molar-refractivity contribution in [3.8, 4) is 11.5 Å². The summed E-state index contributed by atoms with van der Waals surface area (Å²) in [5.74, 6) is 1.16. The molecule has 3 rings (SSSR count). The molecule has 2 atom stereocenters. The predicted octanol–water partition coefficient (Wildman–Crippen LogP) is 2.57. The number of hydrogen-bond donors (Lipinski definition) is 1. The first-order valence-corrected chi connectivity index (χ1v) is 7.45. The highest BCUT2D eigenvalue weighted by molar-refractivity contribution is 5.82. The van der Waals surface area contributed by atoms with Crippen LogP contribution in [-0.4, -0.2) is 24.7 Å². The highest BCUT2D eigenvalue weighted by Gasteiger charge is 2.27. The number of benzene rings is 2. The summed E-state index contributed by atoms with van der Waals surface area (Å²) in [6.45, 7) is 2.23. The quantitative estimate of drug-likeness (QED) is 0.943. The number of nitrogens with one attached hydrogen (secondary N) is 1. The van der Waals surface area contributed by atoms with E-state index in [1.54, 1.807) is 0 Å². The fourth-order valence-electron chi connectivity index (χ4n) is 2.50. The first-order valence-electron chi connectivity index (χ1n) is 7.45. The Hall–Kier alpha value is -2.49.